The van der Waals surface area contributed by atoms with E-state index in [1.165, 1.54) is 6.33 Å². The number of nitrogens with zero attached hydrogens (tertiary/aromatic N) is 3. The third-order valence-electron chi connectivity index (χ3n) is 3.87. The van der Waals surface area contributed by atoms with Crippen LogP contribution in [0.25, 0.3) is 5.82 Å². The molecule has 2 aromatic heterocycles. The summed E-state index contributed by atoms with van der Waals surface area (Å²) in [6.07, 6.45) is 5.26. The first kappa shape index (κ1) is 16.5. The highest BCUT2D eigenvalue weighted by Crippen LogP contribution is 2.22. The van der Waals surface area contributed by atoms with E-state index in [1.807, 2.05) is 47.3 Å². The zero-order chi connectivity index (χ0) is 18.5. The summed E-state index contributed by atoms with van der Waals surface area (Å²) in [5.41, 5.74) is 1.29. The minimum absolute atomic E-state index is 0.156. The van der Waals surface area contributed by atoms with Crippen molar-refractivity contribution in [2.24, 2.45) is 0 Å². The van der Waals surface area contributed by atoms with Gasteiger partial charge in [0.1, 0.15) is 17.9 Å². The van der Waals surface area contributed by atoms with Crippen molar-refractivity contribution < 1.29 is 9.53 Å². The number of ether oxygens (including phenoxy) is 1. The highest BCUT2D eigenvalue weighted by atomic mass is 16.5. The van der Waals surface area contributed by atoms with Crippen LogP contribution < -0.4 is 10.1 Å². The van der Waals surface area contributed by atoms with Crippen molar-refractivity contribution in [2.45, 2.75) is 0 Å². The third kappa shape index (κ3) is 4.01. The quantitative estimate of drug-likeness (QED) is 0.578. The van der Waals surface area contributed by atoms with Crippen LogP contribution in [0.1, 0.15) is 10.4 Å². The molecule has 1 N–H and O–H groups in total. The lowest BCUT2D eigenvalue weighted by Crippen LogP contribution is -2.11. The van der Waals surface area contributed by atoms with Gasteiger partial charge in [0.2, 0.25) is 5.88 Å². The molecule has 4 aromatic rings. The number of carbonyl (C=O) groups is 1. The van der Waals surface area contributed by atoms with Crippen LogP contribution in [0, 0.1) is 0 Å². The largest absolute Gasteiger partial charge is 0.439 e. The normalized spacial score (nSPS) is 10.4. The lowest BCUT2D eigenvalue weighted by atomic mass is 10.2. The van der Waals surface area contributed by atoms with Gasteiger partial charge in [0.25, 0.3) is 5.91 Å². The maximum atomic E-state index is 12.2. The zero-order valence-corrected chi connectivity index (χ0v) is 14.3. The average molecular weight is 356 g/mol. The van der Waals surface area contributed by atoms with Gasteiger partial charge in [-0.15, -0.1) is 0 Å². The number of aromatic nitrogens is 3. The van der Waals surface area contributed by atoms with Crippen LogP contribution in [0.2, 0.25) is 0 Å². The molecule has 6 nitrogen and oxygen atoms in total. The molecule has 0 bridgehead atoms. The van der Waals surface area contributed by atoms with Gasteiger partial charge in [0.15, 0.2) is 0 Å². The fraction of sp³-hybridized carbons (Fsp3) is 0. The second-order valence-corrected chi connectivity index (χ2v) is 5.75. The number of amides is 1. The summed E-state index contributed by atoms with van der Waals surface area (Å²) >= 11 is 0. The molecule has 1 amide bonds. The molecule has 0 fully saturated rings. The summed E-state index contributed by atoms with van der Waals surface area (Å²) in [4.78, 5) is 20.5. The third-order valence-corrected chi connectivity index (χ3v) is 3.87. The molecule has 4 rings (SSSR count). The molecule has 0 aliphatic carbocycles. The first-order chi connectivity index (χ1) is 13.3. The van der Waals surface area contributed by atoms with E-state index in [1.54, 1.807) is 42.5 Å². The highest BCUT2D eigenvalue weighted by Gasteiger charge is 2.06. The fourth-order valence-corrected chi connectivity index (χ4v) is 2.53. The lowest BCUT2D eigenvalue weighted by molar-refractivity contribution is 0.102. The summed E-state index contributed by atoms with van der Waals surface area (Å²) < 4.78 is 7.66. The molecule has 2 aromatic carbocycles. The van der Waals surface area contributed by atoms with E-state index in [-0.39, 0.29) is 5.91 Å². The molecule has 2 heterocycles. The molecule has 132 valence electrons. The van der Waals surface area contributed by atoms with Gasteiger partial charge in [-0.3, -0.25) is 4.79 Å². The smallest absolute Gasteiger partial charge is 0.255 e. The Balaban J connectivity index is 1.44. The number of carbonyl (C=O) groups excluding carboxylic acids is 1. The Bertz CT molecular complexity index is 1030. The van der Waals surface area contributed by atoms with Gasteiger partial charge < -0.3 is 14.6 Å². The van der Waals surface area contributed by atoms with Crippen molar-refractivity contribution in [1.29, 1.82) is 0 Å². The predicted octanol–water partition coefficient (Wildman–Crippen LogP) is 4.31. The second-order valence-electron chi connectivity index (χ2n) is 5.75. The molecule has 0 saturated heterocycles. The first-order valence-corrected chi connectivity index (χ1v) is 8.38. The molecule has 0 radical (unpaired) electrons. The fourth-order valence-electron chi connectivity index (χ4n) is 2.53. The van der Waals surface area contributed by atoms with E-state index in [4.69, 9.17) is 4.74 Å². The van der Waals surface area contributed by atoms with Gasteiger partial charge in [0, 0.05) is 29.7 Å². The van der Waals surface area contributed by atoms with Crippen LogP contribution >= 0.6 is 0 Å². The number of rotatable bonds is 5. The first-order valence-electron chi connectivity index (χ1n) is 8.38. The van der Waals surface area contributed by atoms with Crippen molar-refractivity contribution in [3.63, 3.8) is 0 Å². The van der Waals surface area contributed by atoms with Crippen molar-refractivity contribution >= 4 is 11.6 Å². The SMILES string of the molecule is O=C(Nc1ccc(Oc2cc(-n3cccc3)ncn2)cc1)c1ccccc1. The van der Waals surface area contributed by atoms with Crippen LogP contribution in [-0.4, -0.2) is 20.4 Å². The van der Waals surface area contributed by atoms with Crippen molar-refractivity contribution in [3.05, 3.63) is 97.1 Å². The summed E-state index contributed by atoms with van der Waals surface area (Å²) in [5.74, 6) is 1.62. The molecule has 0 atom stereocenters. The zero-order valence-electron chi connectivity index (χ0n) is 14.3. The van der Waals surface area contributed by atoms with E-state index >= 15 is 0 Å². The molecular formula is C21H16N4O2. The van der Waals surface area contributed by atoms with Crippen LogP contribution in [0.4, 0.5) is 5.69 Å². The maximum Gasteiger partial charge on any atom is 0.255 e. The second kappa shape index (κ2) is 7.53. The van der Waals surface area contributed by atoms with E-state index in [0.29, 0.717) is 22.9 Å². The van der Waals surface area contributed by atoms with E-state index < -0.39 is 0 Å². The number of hydrogen-bond donors (Lipinski definition) is 1. The number of hydrogen-bond acceptors (Lipinski definition) is 4. The molecular weight excluding hydrogens is 340 g/mol. The van der Waals surface area contributed by atoms with Gasteiger partial charge in [-0.1, -0.05) is 18.2 Å². The molecule has 0 spiro atoms. The van der Waals surface area contributed by atoms with Crippen LogP contribution in [-0.2, 0) is 0 Å². The highest BCUT2D eigenvalue weighted by molar-refractivity contribution is 6.04. The van der Waals surface area contributed by atoms with Gasteiger partial charge >= 0.3 is 0 Å². The van der Waals surface area contributed by atoms with Crippen molar-refractivity contribution in [2.75, 3.05) is 5.32 Å². The molecule has 27 heavy (non-hydrogen) atoms. The molecule has 6 heteroatoms. The Kier molecular flexibility index (Phi) is 4.61. The summed E-state index contributed by atoms with van der Waals surface area (Å²) in [6, 6.07) is 21.8. The minimum Gasteiger partial charge on any atom is -0.439 e. The molecule has 0 aliphatic heterocycles. The molecule has 0 unspecified atom stereocenters. The van der Waals surface area contributed by atoms with Gasteiger partial charge in [-0.05, 0) is 48.5 Å². The number of benzene rings is 2. The van der Waals surface area contributed by atoms with Crippen molar-refractivity contribution in [1.82, 2.24) is 14.5 Å². The predicted molar refractivity (Wildman–Crippen MR) is 102 cm³/mol. The Morgan fingerprint density at radius 3 is 2.37 bits per heavy atom. The maximum absolute atomic E-state index is 12.2. The van der Waals surface area contributed by atoms with Crippen LogP contribution in [0.15, 0.2) is 91.5 Å². The average Bonchev–Trinajstić information content (AvgIpc) is 3.25. The van der Waals surface area contributed by atoms with Gasteiger partial charge in [-0.25, -0.2) is 9.97 Å². The molecule has 0 aliphatic rings. The molecule has 0 saturated carbocycles. The van der Waals surface area contributed by atoms with Gasteiger partial charge in [0.05, 0.1) is 0 Å². The minimum atomic E-state index is -0.156. The Morgan fingerprint density at radius 1 is 0.889 bits per heavy atom. The Hall–Kier alpha value is -3.93. The monoisotopic (exact) mass is 356 g/mol. The Labute approximate surface area is 156 Å². The Morgan fingerprint density at radius 2 is 1.63 bits per heavy atom. The van der Waals surface area contributed by atoms with E-state index in [0.717, 1.165) is 5.82 Å². The van der Waals surface area contributed by atoms with Gasteiger partial charge in [-0.2, -0.15) is 0 Å². The van der Waals surface area contributed by atoms with Crippen LogP contribution in [0.5, 0.6) is 11.6 Å². The van der Waals surface area contributed by atoms with Crippen molar-refractivity contribution in [3.8, 4) is 17.4 Å². The van der Waals surface area contributed by atoms with Crippen LogP contribution in [0.3, 0.4) is 0 Å². The standard InChI is InChI=1S/C21H16N4O2/c26-21(16-6-2-1-3-7-16)24-17-8-10-18(11-9-17)27-20-14-19(22-15-23-20)25-12-4-5-13-25/h1-15H,(H,24,26). The lowest BCUT2D eigenvalue weighted by Gasteiger charge is -2.08. The topological polar surface area (TPSA) is 69.0 Å². The summed E-state index contributed by atoms with van der Waals surface area (Å²) in [6.45, 7) is 0. The van der Waals surface area contributed by atoms with E-state index in [2.05, 4.69) is 15.3 Å². The summed E-state index contributed by atoms with van der Waals surface area (Å²) in [5, 5.41) is 2.85. The number of nitrogens with one attached hydrogen (secondary N) is 1. The van der Waals surface area contributed by atoms with E-state index in [9.17, 15) is 4.79 Å². The number of anilines is 1. The summed E-state index contributed by atoms with van der Waals surface area (Å²) in [7, 11) is 0.